The SMILES string of the molecule is CC(=O)c1ccccc1OC(=O)Nc1ccc(C)c(NC(=O)Oc2ccccc2C(=O)CN)c1. The Morgan fingerprint density at radius 2 is 1.35 bits per heavy atom. The summed E-state index contributed by atoms with van der Waals surface area (Å²) in [7, 11) is 0. The van der Waals surface area contributed by atoms with E-state index >= 15 is 0 Å². The first-order valence-corrected chi connectivity index (χ1v) is 10.3. The number of benzene rings is 3. The zero-order chi connectivity index (χ0) is 24.7. The van der Waals surface area contributed by atoms with Crippen molar-refractivity contribution in [2.24, 2.45) is 5.73 Å². The van der Waals surface area contributed by atoms with Crippen LogP contribution in [0, 0.1) is 6.92 Å². The molecule has 0 aromatic heterocycles. The van der Waals surface area contributed by atoms with Crippen LogP contribution < -0.4 is 25.8 Å². The fourth-order valence-electron chi connectivity index (χ4n) is 3.06. The average Bonchev–Trinajstić information content (AvgIpc) is 2.81. The third-order valence-corrected chi connectivity index (χ3v) is 4.77. The Kier molecular flexibility index (Phi) is 7.73. The highest BCUT2D eigenvalue weighted by atomic mass is 16.6. The van der Waals surface area contributed by atoms with E-state index in [0.29, 0.717) is 16.9 Å². The van der Waals surface area contributed by atoms with Gasteiger partial charge in [-0.05, 0) is 55.8 Å². The number of carbonyl (C=O) groups excluding carboxylic acids is 4. The molecule has 3 aromatic rings. The number of rotatable bonds is 7. The van der Waals surface area contributed by atoms with E-state index in [2.05, 4.69) is 10.6 Å². The Balaban J connectivity index is 1.70. The Labute approximate surface area is 195 Å². The maximum Gasteiger partial charge on any atom is 0.417 e. The average molecular weight is 461 g/mol. The molecule has 0 fully saturated rings. The van der Waals surface area contributed by atoms with Gasteiger partial charge >= 0.3 is 12.2 Å². The molecule has 0 saturated heterocycles. The van der Waals surface area contributed by atoms with Crippen LogP contribution in [0.4, 0.5) is 21.0 Å². The molecule has 9 nitrogen and oxygen atoms in total. The molecular formula is C25H23N3O6. The number of carbonyl (C=O) groups is 4. The third-order valence-electron chi connectivity index (χ3n) is 4.77. The fourth-order valence-corrected chi connectivity index (χ4v) is 3.06. The maximum absolute atomic E-state index is 12.5. The monoisotopic (exact) mass is 461 g/mol. The van der Waals surface area contributed by atoms with Crippen molar-refractivity contribution in [3.05, 3.63) is 83.4 Å². The van der Waals surface area contributed by atoms with Gasteiger partial charge in [-0.25, -0.2) is 9.59 Å². The van der Waals surface area contributed by atoms with Crippen molar-refractivity contribution < 1.29 is 28.7 Å². The minimum absolute atomic E-state index is 0.0788. The summed E-state index contributed by atoms with van der Waals surface area (Å²) in [5, 5.41) is 5.15. The number of nitrogens with two attached hydrogens (primary N) is 1. The van der Waals surface area contributed by atoms with E-state index in [0.717, 1.165) is 0 Å². The van der Waals surface area contributed by atoms with Crippen LogP contribution >= 0.6 is 0 Å². The first-order chi connectivity index (χ1) is 16.3. The quantitative estimate of drug-likeness (QED) is 0.439. The standard InChI is InChI=1S/C25H23N3O6/c1-15-11-12-17(27-24(31)33-22-9-5-3-7-18(22)16(2)29)13-20(15)28-25(32)34-23-10-6-4-8-19(23)21(30)14-26/h3-13H,14,26H2,1-2H3,(H,27,31)(H,28,32). The number of hydrogen-bond acceptors (Lipinski definition) is 7. The molecule has 0 spiro atoms. The summed E-state index contributed by atoms with van der Waals surface area (Å²) in [4.78, 5) is 48.5. The molecular weight excluding hydrogens is 438 g/mol. The van der Waals surface area contributed by atoms with Crippen molar-refractivity contribution in [2.75, 3.05) is 17.2 Å². The lowest BCUT2D eigenvalue weighted by Crippen LogP contribution is -2.21. The van der Waals surface area contributed by atoms with Crippen LogP contribution in [-0.4, -0.2) is 30.3 Å². The molecule has 0 saturated carbocycles. The molecule has 34 heavy (non-hydrogen) atoms. The van der Waals surface area contributed by atoms with E-state index in [1.165, 1.54) is 31.2 Å². The maximum atomic E-state index is 12.5. The van der Waals surface area contributed by atoms with E-state index in [4.69, 9.17) is 15.2 Å². The summed E-state index contributed by atoms with van der Waals surface area (Å²) in [5.41, 5.74) is 7.29. The molecule has 174 valence electrons. The second-order valence-corrected chi connectivity index (χ2v) is 7.23. The summed E-state index contributed by atoms with van der Waals surface area (Å²) in [6, 6.07) is 17.5. The highest BCUT2D eigenvalue weighted by Gasteiger charge is 2.16. The zero-order valence-electron chi connectivity index (χ0n) is 18.6. The van der Waals surface area contributed by atoms with E-state index < -0.39 is 12.2 Å². The van der Waals surface area contributed by atoms with Crippen molar-refractivity contribution in [2.45, 2.75) is 13.8 Å². The van der Waals surface area contributed by atoms with Crippen molar-refractivity contribution in [3.63, 3.8) is 0 Å². The van der Waals surface area contributed by atoms with Gasteiger partial charge in [-0.3, -0.25) is 20.2 Å². The van der Waals surface area contributed by atoms with Gasteiger partial charge < -0.3 is 15.2 Å². The molecule has 0 atom stereocenters. The van der Waals surface area contributed by atoms with Crippen molar-refractivity contribution in [1.29, 1.82) is 0 Å². The van der Waals surface area contributed by atoms with Gasteiger partial charge in [0.25, 0.3) is 0 Å². The van der Waals surface area contributed by atoms with Gasteiger partial charge in [0.05, 0.1) is 17.7 Å². The first-order valence-electron chi connectivity index (χ1n) is 10.3. The Hall–Kier alpha value is -4.50. The lowest BCUT2D eigenvalue weighted by molar-refractivity contribution is 0.0994. The molecule has 0 aliphatic carbocycles. The number of aryl methyl sites for hydroxylation is 1. The van der Waals surface area contributed by atoms with Crippen LogP contribution in [-0.2, 0) is 0 Å². The van der Waals surface area contributed by atoms with Crippen LogP contribution in [0.2, 0.25) is 0 Å². The molecule has 2 amide bonds. The minimum Gasteiger partial charge on any atom is -0.409 e. The number of hydrogen-bond donors (Lipinski definition) is 3. The Morgan fingerprint density at radius 1 is 0.794 bits per heavy atom. The summed E-state index contributed by atoms with van der Waals surface area (Å²) in [5.74, 6) is -0.392. The van der Waals surface area contributed by atoms with Crippen LogP contribution in [0.5, 0.6) is 11.5 Å². The van der Waals surface area contributed by atoms with Gasteiger partial charge in [0.2, 0.25) is 0 Å². The van der Waals surface area contributed by atoms with Crippen molar-refractivity contribution >= 4 is 35.1 Å². The van der Waals surface area contributed by atoms with Gasteiger partial charge in [0.1, 0.15) is 11.5 Å². The van der Waals surface area contributed by atoms with Crippen LogP contribution in [0.3, 0.4) is 0 Å². The number of Topliss-reactive ketones (excluding diaryl/α,β-unsaturated/α-hetero) is 2. The second kappa shape index (κ2) is 10.9. The normalized spacial score (nSPS) is 10.2. The molecule has 0 radical (unpaired) electrons. The zero-order valence-corrected chi connectivity index (χ0v) is 18.6. The molecule has 0 aliphatic heterocycles. The van der Waals surface area contributed by atoms with E-state index in [1.54, 1.807) is 49.4 Å². The number of ketones is 2. The third kappa shape index (κ3) is 6.05. The fraction of sp³-hybridized carbons (Fsp3) is 0.120. The van der Waals surface area contributed by atoms with Crippen molar-refractivity contribution in [1.82, 2.24) is 0 Å². The Bertz CT molecular complexity index is 1250. The van der Waals surface area contributed by atoms with E-state index in [1.807, 2.05) is 0 Å². The molecule has 0 bridgehead atoms. The van der Waals surface area contributed by atoms with Gasteiger partial charge in [0, 0.05) is 11.4 Å². The van der Waals surface area contributed by atoms with Gasteiger partial charge in [-0.1, -0.05) is 30.3 Å². The number of ether oxygens (including phenoxy) is 2. The number of anilines is 2. The summed E-state index contributed by atoms with van der Waals surface area (Å²) < 4.78 is 10.6. The van der Waals surface area contributed by atoms with Crippen LogP contribution in [0.1, 0.15) is 33.2 Å². The molecule has 0 heterocycles. The number of nitrogens with one attached hydrogen (secondary N) is 2. The smallest absolute Gasteiger partial charge is 0.409 e. The van der Waals surface area contributed by atoms with Gasteiger partial charge in [0.15, 0.2) is 11.6 Å². The second-order valence-electron chi connectivity index (χ2n) is 7.23. The number of para-hydroxylation sites is 2. The van der Waals surface area contributed by atoms with Gasteiger partial charge in [-0.2, -0.15) is 0 Å². The van der Waals surface area contributed by atoms with Crippen LogP contribution in [0.15, 0.2) is 66.7 Å². The Morgan fingerprint density at radius 3 is 1.97 bits per heavy atom. The predicted octanol–water partition coefficient (Wildman–Crippen LogP) is 4.56. The highest BCUT2D eigenvalue weighted by Crippen LogP contribution is 2.24. The topological polar surface area (TPSA) is 137 Å². The largest absolute Gasteiger partial charge is 0.417 e. The van der Waals surface area contributed by atoms with Gasteiger partial charge in [-0.15, -0.1) is 0 Å². The summed E-state index contributed by atoms with van der Waals surface area (Å²) in [6.07, 6.45) is -1.63. The first kappa shape index (κ1) is 24.1. The molecule has 4 N–H and O–H groups in total. The summed E-state index contributed by atoms with van der Waals surface area (Å²) in [6.45, 7) is 2.91. The highest BCUT2D eigenvalue weighted by molar-refractivity contribution is 6.01. The number of amides is 2. The molecule has 3 aromatic carbocycles. The van der Waals surface area contributed by atoms with Crippen LogP contribution in [0.25, 0.3) is 0 Å². The predicted molar refractivity (Wildman–Crippen MR) is 127 cm³/mol. The van der Waals surface area contributed by atoms with E-state index in [-0.39, 0.29) is 40.7 Å². The molecule has 3 rings (SSSR count). The molecule has 0 aliphatic rings. The van der Waals surface area contributed by atoms with E-state index in [9.17, 15) is 19.2 Å². The molecule has 9 heteroatoms. The lowest BCUT2D eigenvalue weighted by atomic mass is 10.1. The summed E-state index contributed by atoms with van der Waals surface area (Å²) >= 11 is 0. The lowest BCUT2D eigenvalue weighted by Gasteiger charge is -2.13. The van der Waals surface area contributed by atoms with Crippen molar-refractivity contribution in [3.8, 4) is 11.5 Å². The minimum atomic E-state index is -0.824. The molecule has 0 unspecified atom stereocenters.